The normalized spacial score (nSPS) is 13.5. The van der Waals surface area contributed by atoms with Gasteiger partial charge in [0.2, 0.25) is 12.7 Å². The van der Waals surface area contributed by atoms with Crippen LogP contribution in [0.4, 0.5) is 11.4 Å². The van der Waals surface area contributed by atoms with E-state index in [1.807, 2.05) is 37.3 Å². The Morgan fingerprint density at radius 3 is 2.56 bits per heavy atom. The topological polar surface area (TPSA) is 59.6 Å². The number of ether oxygens (including phenoxy) is 2. The zero-order valence-corrected chi connectivity index (χ0v) is 13.8. The zero-order chi connectivity index (χ0) is 17.2. The van der Waals surface area contributed by atoms with E-state index in [0.29, 0.717) is 17.2 Å². The third-order valence-electron chi connectivity index (χ3n) is 4.17. The van der Waals surface area contributed by atoms with Gasteiger partial charge in [-0.3, -0.25) is 4.79 Å². The number of carbonyl (C=O) groups is 1. The molecule has 1 aliphatic rings. The number of rotatable bonds is 4. The fraction of sp³-hybridized carbons (Fsp3) is 0.150. The smallest absolute Gasteiger partial charge is 0.246 e. The third kappa shape index (κ3) is 3.21. The van der Waals surface area contributed by atoms with Crippen LogP contribution in [0.2, 0.25) is 0 Å². The minimum atomic E-state index is -0.383. The number of hydrogen-bond acceptors (Lipinski definition) is 4. The van der Waals surface area contributed by atoms with Crippen LogP contribution >= 0.6 is 0 Å². The van der Waals surface area contributed by atoms with Crippen LogP contribution in [-0.2, 0) is 4.79 Å². The summed E-state index contributed by atoms with van der Waals surface area (Å²) in [7, 11) is 0. The molecule has 126 valence electrons. The molecular weight excluding hydrogens is 316 g/mol. The molecule has 1 aliphatic heterocycles. The average Bonchev–Trinajstić information content (AvgIpc) is 3.09. The van der Waals surface area contributed by atoms with Crippen molar-refractivity contribution in [1.82, 2.24) is 0 Å². The van der Waals surface area contributed by atoms with E-state index < -0.39 is 0 Å². The molecule has 1 amide bonds. The molecule has 5 nitrogen and oxygen atoms in total. The van der Waals surface area contributed by atoms with Crippen LogP contribution in [0.15, 0.2) is 60.7 Å². The summed E-state index contributed by atoms with van der Waals surface area (Å²) in [6, 6.07) is 19.2. The van der Waals surface area contributed by atoms with Crippen molar-refractivity contribution >= 4 is 28.1 Å². The molecule has 1 atom stereocenters. The van der Waals surface area contributed by atoms with Crippen LogP contribution in [0, 0.1) is 0 Å². The second kappa shape index (κ2) is 6.36. The number of hydrogen-bond donors (Lipinski definition) is 2. The van der Waals surface area contributed by atoms with Gasteiger partial charge in [-0.15, -0.1) is 0 Å². The molecule has 0 saturated heterocycles. The standard InChI is InChI=1S/C20H18N2O3/c1-13(21-16-7-6-14-4-2-3-5-15(14)10-16)20(23)22-17-8-9-18-19(11-17)25-12-24-18/h2-11,13,21H,12H2,1H3,(H,22,23)/t13-/m0/s1. The van der Waals surface area contributed by atoms with E-state index >= 15 is 0 Å². The first-order chi connectivity index (χ1) is 12.2. The Bertz CT molecular complexity index is 939. The van der Waals surface area contributed by atoms with Gasteiger partial charge >= 0.3 is 0 Å². The highest BCUT2D eigenvalue weighted by molar-refractivity contribution is 5.97. The largest absolute Gasteiger partial charge is 0.454 e. The number of anilines is 2. The van der Waals surface area contributed by atoms with Crippen LogP contribution < -0.4 is 20.1 Å². The van der Waals surface area contributed by atoms with Gasteiger partial charge in [-0.1, -0.05) is 30.3 Å². The maximum absolute atomic E-state index is 12.4. The zero-order valence-electron chi connectivity index (χ0n) is 13.8. The van der Waals surface area contributed by atoms with Crippen molar-refractivity contribution in [2.45, 2.75) is 13.0 Å². The van der Waals surface area contributed by atoms with Crippen molar-refractivity contribution < 1.29 is 14.3 Å². The summed E-state index contributed by atoms with van der Waals surface area (Å²) in [5.41, 5.74) is 1.59. The summed E-state index contributed by atoms with van der Waals surface area (Å²) < 4.78 is 10.6. The van der Waals surface area contributed by atoms with E-state index in [-0.39, 0.29) is 18.7 Å². The first kappa shape index (κ1) is 15.3. The number of carbonyl (C=O) groups excluding carboxylic acids is 1. The lowest BCUT2D eigenvalue weighted by Gasteiger charge is -2.16. The second-order valence-corrected chi connectivity index (χ2v) is 5.99. The molecule has 5 heteroatoms. The van der Waals surface area contributed by atoms with E-state index in [0.717, 1.165) is 11.1 Å². The van der Waals surface area contributed by atoms with Gasteiger partial charge in [0.1, 0.15) is 6.04 Å². The van der Waals surface area contributed by atoms with Crippen LogP contribution in [0.5, 0.6) is 11.5 Å². The van der Waals surface area contributed by atoms with Crippen molar-refractivity contribution in [3.05, 3.63) is 60.7 Å². The molecule has 4 rings (SSSR count). The van der Waals surface area contributed by atoms with Crippen molar-refractivity contribution in [3.63, 3.8) is 0 Å². The monoisotopic (exact) mass is 334 g/mol. The first-order valence-electron chi connectivity index (χ1n) is 8.15. The van der Waals surface area contributed by atoms with Crippen molar-refractivity contribution in [3.8, 4) is 11.5 Å². The van der Waals surface area contributed by atoms with Crippen molar-refractivity contribution in [2.75, 3.05) is 17.4 Å². The molecule has 0 unspecified atom stereocenters. The molecule has 0 radical (unpaired) electrons. The fourth-order valence-electron chi connectivity index (χ4n) is 2.82. The molecule has 0 aromatic heterocycles. The van der Waals surface area contributed by atoms with Gasteiger partial charge in [0.05, 0.1) is 0 Å². The van der Waals surface area contributed by atoms with Gasteiger partial charge in [0, 0.05) is 17.4 Å². The summed E-state index contributed by atoms with van der Waals surface area (Å²) in [6.07, 6.45) is 0. The Morgan fingerprint density at radius 1 is 0.920 bits per heavy atom. The molecule has 3 aromatic rings. The maximum Gasteiger partial charge on any atom is 0.246 e. The molecular formula is C20H18N2O3. The number of fused-ring (bicyclic) bond motifs is 2. The van der Waals surface area contributed by atoms with Crippen molar-refractivity contribution in [1.29, 1.82) is 0 Å². The second-order valence-electron chi connectivity index (χ2n) is 5.99. The summed E-state index contributed by atoms with van der Waals surface area (Å²) >= 11 is 0. The molecule has 3 aromatic carbocycles. The molecule has 2 N–H and O–H groups in total. The molecule has 0 saturated carbocycles. The lowest BCUT2D eigenvalue weighted by molar-refractivity contribution is -0.116. The molecule has 0 aliphatic carbocycles. The fourth-order valence-corrected chi connectivity index (χ4v) is 2.82. The highest BCUT2D eigenvalue weighted by Crippen LogP contribution is 2.34. The number of benzene rings is 3. The van der Waals surface area contributed by atoms with Gasteiger partial charge < -0.3 is 20.1 Å². The number of nitrogens with one attached hydrogen (secondary N) is 2. The maximum atomic E-state index is 12.4. The Kier molecular flexibility index (Phi) is 3.90. The highest BCUT2D eigenvalue weighted by atomic mass is 16.7. The van der Waals surface area contributed by atoms with E-state index in [9.17, 15) is 4.79 Å². The number of amides is 1. The van der Waals surface area contributed by atoms with E-state index in [2.05, 4.69) is 22.8 Å². The molecule has 0 bridgehead atoms. The lowest BCUT2D eigenvalue weighted by Crippen LogP contribution is -2.31. The molecule has 25 heavy (non-hydrogen) atoms. The first-order valence-corrected chi connectivity index (χ1v) is 8.15. The van der Waals surface area contributed by atoms with Gasteiger partial charge in [-0.2, -0.15) is 0 Å². The quantitative estimate of drug-likeness (QED) is 0.757. The Morgan fingerprint density at radius 2 is 1.68 bits per heavy atom. The van der Waals surface area contributed by atoms with Gasteiger partial charge in [0.15, 0.2) is 11.5 Å². The predicted octanol–water partition coefficient (Wildman–Crippen LogP) is 4.01. The summed E-state index contributed by atoms with van der Waals surface area (Å²) in [4.78, 5) is 12.4. The SMILES string of the molecule is C[C@H](Nc1ccc2ccccc2c1)C(=O)Nc1ccc2c(c1)OCO2. The van der Waals surface area contributed by atoms with E-state index in [1.165, 1.54) is 5.39 Å². The van der Waals surface area contributed by atoms with Crippen LogP contribution in [0.3, 0.4) is 0 Å². The summed E-state index contributed by atoms with van der Waals surface area (Å²) in [5.74, 6) is 1.22. The highest BCUT2D eigenvalue weighted by Gasteiger charge is 2.17. The average molecular weight is 334 g/mol. The van der Waals surface area contributed by atoms with Gasteiger partial charge in [-0.05, 0) is 42.0 Å². The Hall–Kier alpha value is -3.21. The van der Waals surface area contributed by atoms with Crippen LogP contribution in [0.25, 0.3) is 10.8 Å². The Labute approximate surface area is 145 Å². The minimum absolute atomic E-state index is 0.118. The van der Waals surface area contributed by atoms with E-state index in [1.54, 1.807) is 18.2 Å². The van der Waals surface area contributed by atoms with Gasteiger partial charge in [-0.25, -0.2) is 0 Å². The van der Waals surface area contributed by atoms with Crippen LogP contribution in [0.1, 0.15) is 6.92 Å². The lowest BCUT2D eigenvalue weighted by atomic mass is 10.1. The van der Waals surface area contributed by atoms with Crippen LogP contribution in [-0.4, -0.2) is 18.7 Å². The molecule has 0 fully saturated rings. The van der Waals surface area contributed by atoms with Gasteiger partial charge in [0.25, 0.3) is 0 Å². The van der Waals surface area contributed by atoms with E-state index in [4.69, 9.17) is 9.47 Å². The molecule has 1 heterocycles. The molecule has 0 spiro atoms. The summed E-state index contributed by atoms with van der Waals surface area (Å²) in [5, 5.41) is 8.44. The summed E-state index contributed by atoms with van der Waals surface area (Å²) in [6.45, 7) is 2.05. The minimum Gasteiger partial charge on any atom is -0.454 e. The predicted molar refractivity (Wildman–Crippen MR) is 98.2 cm³/mol. The third-order valence-corrected chi connectivity index (χ3v) is 4.17. The Balaban J connectivity index is 1.44. The van der Waals surface area contributed by atoms with Crippen molar-refractivity contribution in [2.24, 2.45) is 0 Å².